The van der Waals surface area contributed by atoms with Crippen molar-refractivity contribution < 1.29 is 9.53 Å². The summed E-state index contributed by atoms with van der Waals surface area (Å²) in [5, 5.41) is 2.96. The summed E-state index contributed by atoms with van der Waals surface area (Å²) in [5.74, 6) is 1.34. The SMILES string of the molecule is O=C(COc1ccc(Br)cc1)NCC1CCCCC1. The summed E-state index contributed by atoms with van der Waals surface area (Å²) in [4.78, 5) is 11.7. The molecule has 0 aromatic heterocycles. The lowest BCUT2D eigenvalue weighted by Crippen LogP contribution is -2.33. The van der Waals surface area contributed by atoms with E-state index in [1.54, 1.807) is 0 Å². The highest BCUT2D eigenvalue weighted by molar-refractivity contribution is 9.10. The van der Waals surface area contributed by atoms with Gasteiger partial charge in [-0.2, -0.15) is 0 Å². The highest BCUT2D eigenvalue weighted by Gasteiger charge is 2.14. The standard InChI is InChI=1S/C15H20BrNO2/c16-13-6-8-14(9-7-13)19-11-15(18)17-10-12-4-2-1-3-5-12/h6-9,12H,1-5,10-11H2,(H,17,18). The maximum atomic E-state index is 11.7. The van der Waals surface area contributed by atoms with Crippen molar-refractivity contribution in [3.05, 3.63) is 28.7 Å². The van der Waals surface area contributed by atoms with Gasteiger partial charge in [0.05, 0.1) is 0 Å². The Balaban J connectivity index is 1.65. The van der Waals surface area contributed by atoms with Crippen LogP contribution < -0.4 is 10.1 Å². The molecule has 0 atom stereocenters. The summed E-state index contributed by atoms with van der Waals surface area (Å²) >= 11 is 3.36. The second-order valence-corrected chi connectivity index (χ2v) is 5.97. The van der Waals surface area contributed by atoms with Crippen LogP contribution in [0.25, 0.3) is 0 Å². The topological polar surface area (TPSA) is 38.3 Å². The molecule has 0 saturated heterocycles. The normalized spacial score (nSPS) is 16.1. The lowest BCUT2D eigenvalue weighted by Gasteiger charge is -2.21. The Morgan fingerprint density at radius 1 is 1.21 bits per heavy atom. The van der Waals surface area contributed by atoms with Crippen LogP contribution in [-0.4, -0.2) is 19.1 Å². The molecule has 0 aliphatic heterocycles. The molecule has 1 aromatic carbocycles. The van der Waals surface area contributed by atoms with Gasteiger partial charge in [0.2, 0.25) is 0 Å². The van der Waals surface area contributed by atoms with E-state index in [1.165, 1.54) is 32.1 Å². The number of nitrogens with one attached hydrogen (secondary N) is 1. The number of halogens is 1. The summed E-state index contributed by atoms with van der Waals surface area (Å²) in [7, 11) is 0. The summed E-state index contributed by atoms with van der Waals surface area (Å²) in [6, 6.07) is 7.49. The molecule has 1 N–H and O–H groups in total. The van der Waals surface area contributed by atoms with Crippen LogP contribution in [0.2, 0.25) is 0 Å². The van der Waals surface area contributed by atoms with Crippen molar-refractivity contribution in [3.8, 4) is 5.75 Å². The smallest absolute Gasteiger partial charge is 0.257 e. The Hall–Kier alpha value is -1.03. The van der Waals surface area contributed by atoms with Gasteiger partial charge in [0.15, 0.2) is 6.61 Å². The van der Waals surface area contributed by atoms with Crippen molar-refractivity contribution in [1.29, 1.82) is 0 Å². The van der Waals surface area contributed by atoms with E-state index in [2.05, 4.69) is 21.2 Å². The van der Waals surface area contributed by atoms with Gasteiger partial charge >= 0.3 is 0 Å². The molecule has 1 fully saturated rings. The van der Waals surface area contributed by atoms with E-state index in [4.69, 9.17) is 4.74 Å². The molecule has 2 rings (SSSR count). The Morgan fingerprint density at radius 2 is 1.89 bits per heavy atom. The fraction of sp³-hybridized carbons (Fsp3) is 0.533. The Kier molecular flexibility index (Phi) is 5.70. The van der Waals surface area contributed by atoms with Gasteiger partial charge in [-0.25, -0.2) is 0 Å². The number of carbonyl (C=O) groups is 1. The van der Waals surface area contributed by atoms with E-state index in [0.717, 1.165) is 16.8 Å². The number of benzene rings is 1. The zero-order valence-corrected chi connectivity index (χ0v) is 12.6. The average Bonchev–Trinajstić information content (AvgIpc) is 2.45. The third kappa shape index (κ3) is 5.23. The second kappa shape index (κ2) is 7.53. The fourth-order valence-corrected chi connectivity index (χ4v) is 2.64. The van der Waals surface area contributed by atoms with Crippen molar-refractivity contribution in [2.24, 2.45) is 5.92 Å². The van der Waals surface area contributed by atoms with E-state index in [0.29, 0.717) is 5.92 Å². The van der Waals surface area contributed by atoms with Crippen molar-refractivity contribution in [2.75, 3.05) is 13.2 Å². The zero-order valence-electron chi connectivity index (χ0n) is 11.0. The van der Waals surface area contributed by atoms with Gasteiger partial charge in [0.25, 0.3) is 5.91 Å². The van der Waals surface area contributed by atoms with Crippen LogP contribution in [0.4, 0.5) is 0 Å². The first-order valence-corrected chi connectivity index (χ1v) is 7.68. The van der Waals surface area contributed by atoms with Crippen molar-refractivity contribution >= 4 is 21.8 Å². The highest BCUT2D eigenvalue weighted by atomic mass is 79.9. The Bertz CT molecular complexity index is 399. The number of amides is 1. The largest absolute Gasteiger partial charge is 0.484 e. The van der Waals surface area contributed by atoms with Crippen LogP contribution in [0, 0.1) is 5.92 Å². The number of hydrogen-bond donors (Lipinski definition) is 1. The molecule has 1 aromatic rings. The first kappa shape index (κ1) is 14.4. The fourth-order valence-electron chi connectivity index (χ4n) is 2.38. The molecule has 1 saturated carbocycles. The minimum absolute atomic E-state index is 0.0338. The minimum atomic E-state index is -0.0338. The van der Waals surface area contributed by atoms with Gasteiger partial charge in [0, 0.05) is 11.0 Å². The van der Waals surface area contributed by atoms with Crippen molar-refractivity contribution in [1.82, 2.24) is 5.32 Å². The average molecular weight is 326 g/mol. The molecule has 4 heteroatoms. The molecule has 19 heavy (non-hydrogen) atoms. The molecule has 0 bridgehead atoms. The van der Waals surface area contributed by atoms with Crippen LogP contribution >= 0.6 is 15.9 Å². The van der Waals surface area contributed by atoms with Crippen LogP contribution in [0.1, 0.15) is 32.1 Å². The molecule has 0 unspecified atom stereocenters. The molecular formula is C15H20BrNO2. The summed E-state index contributed by atoms with van der Waals surface area (Å²) in [6.07, 6.45) is 6.44. The van der Waals surface area contributed by atoms with Crippen LogP contribution in [0.15, 0.2) is 28.7 Å². The monoisotopic (exact) mass is 325 g/mol. The minimum Gasteiger partial charge on any atom is -0.484 e. The predicted molar refractivity (Wildman–Crippen MR) is 79.2 cm³/mol. The summed E-state index contributed by atoms with van der Waals surface area (Å²) in [6.45, 7) is 0.886. The molecule has 1 amide bonds. The quantitative estimate of drug-likeness (QED) is 0.899. The third-order valence-corrected chi connectivity index (χ3v) is 4.02. The van der Waals surface area contributed by atoms with Gasteiger partial charge in [-0.15, -0.1) is 0 Å². The van der Waals surface area contributed by atoms with E-state index in [-0.39, 0.29) is 12.5 Å². The molecule has 1 aliphatic rings. The maximum absolute atomic E-state index is 11.7. The first-order valence-electron chi connectivity index (χ1n) is 6.89. The number of carbonyl (C=O) groups excluding carboxylic acids is 1. The Morgan fingerprint density at radius 3 is 2.58 bits per heavy atom. The van der Waals surface area contributed by atoms with Crippen molar-refractivity contribution in [3.63, 3.8) is 0 Å². The highest BCUT2D eigenvalue weighted by Crippen LogP contribution is 2.22. The maximum Gasteiger partial charge on any atom is 0.257 e. The van der Waals surface area contributed by atoms with Gasteiger partial charge in [-0.05, 0) is 43.0 Å². The molecule has 1 aliphatic carbocycles. The van der Waals surface area contributed by atoms with E-state index in [1.807, 2.05) is 24.3 Å². The number of rotatable bonds is 5. The molecule has 0 radical (unpaired) electrons. The second-order valence-electron chi connectivity index (χ2n) is 5.05. The predicted octanol–water partition coefficient (Wildman–Crippen LogP) is 3.52. The van der Waals surface area contributed by atoms with E-state index < -0.39 is 0 Å². The Labute approximate surface area is 122 Å². The van der Waals surface area contributed by atoms with E-state index in [9.17, 15) is 4.79 Å². The summed E-state index contributed by atoms with van der Waals surface area (Å²) < 4.78 is 6.43. The van der Waals surface area contributed by atoms with Gasteiger partial charge in [0.1, 0.15) is 5.75 Å². The molecule has 104 valence electrons. The number of ether oxygens (including phenoxy) is 1. The van der Waals surface area contributed by atoms with Gasteiger partial charge in [-0.1, -0.05) is 35.2 Å². The molecule has 3 nitrogen and oxygen atoms in total. The van der Waals surface area contributed by atoms with Crippen LogP contribution in [0.5, 0.6) is 5.75 Å². The third-order valence-electron chi connectivity index (χ3n) is 3.50. The van der Waals surface area contributed by atoms with Crippen molar-refractivity contribution in [2.45, 2.75) is 32.1 Å². The lowest BCUT2D eigenvalue weighted by molar-refractivity contribution is -0.123. The number of hydrogen-bond acceptors (Lipinski definition) is 2. The lowest BCUT2D eigenvalue weighted by atomic mass is 9.89. The van der Waals surface area contributed by atoms with E-state index >= 15 is 0 Å². The zero-order chi connectivity index (χ0) is 13.5. The van der Waals surface area contributed by atoms with Crippen LogP contribution in [0.3, 0.4) is 0 Å². The summed E-state index contributed by atoms with van der Waals surface area (Å²) in [5.41, 5.74) is 0. The molecule has 0 heterocycles. The van der Waals surface area contributed by atoms with Crippen LogP contribution in [-0.2, 0) is 4.79 Å². The first-order chi connectivity index (χ1) is 9.24. The molecule has 0 spiro atoms. The van der Waals surface area contributed by atoms with Gasteiger partial charge < -0.3 is 10.1 Å². The van der Waals surface area contributed by atoms with Gasteiger partial charge in [-0.3, -0.25) is 4.79 Å². The molecular weight excluding hydrogens is 306 g/mol.